The van der Waals surface area contributed by atoms with Gasteiger partial charge in [-0.1, -0.05) is 41.9 Å². The molecule has 1 nitrogen and oxygen atoms in total. The Labute approximate surface area is 107 Å². The Kier molecular flexibility index (Phi) is 4.43. The summed E-state index contributed by atoms with van der Waals surface area (Å²) in [6.45, 7) is 8.79. The first kappa shape index (κ1) is 13.6. The molecule has 1 rings (SSSR count). The molecule has 90 valence electrons. The molecular weight excluding hydrogens is 264 g/mol. The third-order valence-corrected chi connectivity index (χ3v) is 3.56. The highest BCUT2D eigenvalue weighted by atomic mass is 79.9. The number of methoxy groups -OCH3 is 1. The lowest BCUT2D eigenvalue weighted by molar-refractivity contribution is 0.407. The van der Waals surface area contributed by atoms with Crippen LogP contribution in [0.2, 0.25) is 0 Å². The van der Waals surface area contributed by atoms with Crippen LogP contribution in [0.5, 0.6) is 5.75 Å². The SMILES string of the molecule is COc1c(C)cc(C(C)(C)CCBr)cc1C. The Hall–Kier alpha value is -0.500. The fourth-order valence-corrected chi connectivity index (χ4v) is 3.03. The molecule has 0 aromatic heterocycles. The average Bonchev–Trinajstić information content (AvgIpc) is 2.17. The maximum absolute atomic E-state index is 5.39. The van der Waals surface area contributed by atoms with Gasteiger partial charge in [0.15, 0.2) is 0 Å². The average molecular weight is 285 g/mol. The highest BCUT2D eigenvalue weighted by Gasteiger charge is 2.21. The molecule has 0 N–H and O–H groups in total. The third kappa shape index (κ3) is 2.79. The predicted molar refractivity (Wildman–Crippen MR) is 73.9 cm³/mol. The fraction of sp³-hybridized carbons (Fsp3) is 0.571. The molecule has 1 aromatic carbocycles. The van der Waals surface area contributed by atoms with E-state index in [1.54, 1.807) is 7.11 Å². The van der Waals surface area contributed by atoms with Crippen LogP contribution < -0.4 is 4.74 Å². The second-order valence-electron chi connectivity index (χ2n) is 4.97. The molecule has 0 saturated heterocycles. The van der Waals surface area contributed by atoms with Gasteiger partial charge in [-0.25, -0.2) is 0 Å². The smallest absolute Gasteiger partial charge is 0.124 e. The van der Waals surface area contributed by atoms with Crippen LogP contribution in [-0.4, -0.2) is 12.4 Å². The molecule has 0 heterocycles. The molecule has 0 bridgehead atoms. The monoisotopic (exact) mass is 284 g/mol. The minimum atomic E-state index is 0.214. The predicted octanol–water partition coefficient (Wildman–Crippen LogP) is 4.37. The van der Waals surface area contributed by atoms with Gasteiger partial charge in [0.2, 0.25) is 0 Å². The number of hydrogen-bond acceptors (Lipinski definition) is 1. The Balaban J connectivity index is 3.17. The standard InChI is InChI=1S/C14H21BrO/c1-10-8-12(14(3,4)6-7-15)9-11(2)13(10)16-5/h8-9H,6-7H2,1-5H3. The van der Waals surface area contributed by atoms with Crippen LogP contribution in [0.25, 0.3) is 0 Å². The summed E-state index contributed by atoms with van der Waals surface area (Å²) in [5.41, 5.74) is 4.05. The van der Waals surface area contributed by atoms with Gasteiger partial charge in [0, 0.05) is 5.33 Å². The summed E-state index contributed by atoms with van der Waals surface area (Å²) in [6, 6.07) is 4.49. The van der Waals surface area contributed by atoms with Crippen LogP contribution >= 0.6 is 15.9 Å². The number of rotatable bonds is 4. The van der Waals surface area contributed by atoms with Gasteiger partial charge < -0.3 is 4.74 Å². The lowest BCUT2D eigenvalue weighted by Gasteiger charge is -2.26. The van der Waals surface area contributed by atoms with Crippen molar-refractivity contribution < 1.29 is 4.74 Å². The Morgan fingerprint density at radius 1 is 1.19 bits per heavy atom. The van der Waals surface area contributed by atoms with Crippen molar-refractivity contribution in [3.8, 4) is 5.75 Å². The van der Waals surface area contributed by atoms with Gasteiger partial charge in [-0.15, -0.1) is 0 Å². The Bertz CT molecular complexity index is 346. The zero-order chi connectivity index (χ0) is 12.3. The number of alkyl halides is 1. The summed E-state index contributed by atoms with van der Waals surface area (Å²) < 4.78 is 5.39. The first-order valence-electron chi connectivity index (χ1n) is 5.64. The number of hydrogen-bond donors (Lipinski definition) is 0. The van der Waals surface area contributed by atoms with Crippen molar-refractivity contribution >= 4 is 15.9 Å². The molecule has 0 amide bonds. The van der Waals surface area contributed by atoms with Crippen molar-refractivity contribution in [3.05, 3.63) is 28.8 Å². The van der Waals surface area contributed by atoms with Gasteiger partial charge in [0.1, 0.15) is 5.75 Å². The van der Waals surface area contributed by atoms with E-state index in [2.05, 4.69) is 55.8 Å². The quantitative estimate of drug-likeness (QED) is 0.746. The molecule has 2 heteroatoms. The molecule has 0 radical (unpaired) electrons. The van der Waals surface area contributed by atoms with Gasteiger partial charge in [0.25, 0.3) is 0 Å². The van der Waals surface area contributed by atoms with Gasteiger partial charge >= 0.3 is 0 Å². The summed E-state index contributed by atoms with van der Waals surface area (Å²) in [7, 11) is 1.73. The van der Waals surface area contributed by atoms with Crippen molar-refractivity contribution in [2.75, 3.05) is 12.4 Å². The number of aryl methyl sites for hydroxylation is 2. The summed E-state index contributed by atoms with van der Waals surface area (Å²) in [4.78, 5) is 0. The van der Waals surface area contributed by atoms with Crippen LogP contribution in [0.4, 0.5) is 0 Å². The van der Waals surface area contributed by atoms with Gasteiger partial charge in [-0.2, -0.15) is 0 Å². The summed E-state index contributed by atoms with van der Waals surface area (Å²) in [6.07, 6.45) is 1.14. The molecule has 0 aliphatic carbocycles. The van der Waals surface area contributed by atoms with Gasteiger partial charge in [-0.05, 0) is 42.4 Å². The largest absolute Gasteiger partial charge is 0.496 e. The Morgan fingerprint density at radius 2 is 1.69 bits per heavy atom. The van der Waals surface area contributed by atoms with Crippen LogP contribution in [0.1, 0.15) is 37.0 Å². The van der Waals surface area contributed by atoms with Crippen molar-refractivity contribution in [3.63, 3.8) is 0 Å². The minimum Gasteiger partial charge on any atom is -0.496 e. The highest BCUT2D eigenvalue weighted by molar-refractivity contribution is 9.09. The topological polar surface area (TPSA) is 9.23 Å². The van der Waals surface area contributed by atoms with Gasteiger partial charge in [-0.3, -0.25) is 0 Å². The molecule has 0 unspecified atom stereocenters. The summed E-state index contributed by atoms with van der Waals surface area (Å²) >= 11 is 3.52. The number of ether oxygens (including phenoxy) is 1. The Morgan fingerprint density at radius 3 is 2.06 bits per heavy atom. The van der Waals surface area contributed by atoms with E-state index in [0.29, 0.717) is 0 Å². The van der Waals surface area contributed by atoms with Crippen molar-refractivity contribution in [1.82, 2.24) is 0 Å². The maximum atomic E-state index is 5.39. The van der Waals surface area contributed by atoms with Gasteiger partial charge in [0.05, 0.1) is 7.11 Å². The van der Waals surface area contributed by atoms with E-state index in [0.717, 1.165) is 17.5 Å². The minimum absolute atomic E-state index is 0.214. The van der Waals surface area contributed by atoms with Crippen molar-refractivity contribution in [2.45, 2.75) is 39.5 Å². The molecule has 0 saturated carbocycles. The molecule has 0 aliphatic heterocycles. The lowest BCUT2D eigenvalue weighted by atomic mass is 9.81. The molecule has 0 fully saturated rings. The second kappa shape index (κ2) is 5.22. The van der Waals surface area contributed by atoms with Crippen molar-refractivity contribution in [1.29, 1.82) is 0 Å². The van der Waals surface area contributed by atoms with Crippen molar-refractivity contribution in [2.24, 2.45) is 0 Å². The van der Waals surface area contributed by atoms with E-state index in [1.165, 1.54) is 16.7 Å². The molecule has 0 aliphatic rings. The van der Waals surface area contributed by atoms with E-state index in [-0.39, 0.29) is 5.41 Å². The van der Waals surface area contributed by atoms with E-state index in [1.807, 2.05) is 0 Å². The van der Waals surface area contributed by atoms with Crippen LogP contribution in [-0.2, 0) is 5.41 Å². The second-order valence-corrected chi connectivity index (χ2v) is 5.76. The fourth-order valence-electron chi connectivity index (χ4n) is 2.04. The maximum Gasteiger partial charge on any atom is 0.124 e. The van der Waals surface area contributed by atoms with E-state index >= 15 is 0 Å². The first-order valence-corrected chi connectivity index (χ1v) is 6.76. The molecular formula is C14H21BrO. The molecule has 16 heavy (non-hydrogen) atoms. The van der Waals surface area contributed by atoms with Crippen LogP contribution in [0, 0.1) is 13.8 Å². The lowest BCUT2D eigenvalue weighted by Crippen LogP contribution is -2.18. The van der Waals surface area contributed by atoms with E-state index in [4.69, 9.17) is 4.74 Å². The molecule has 1 aromatic rings. The summed E-state index contributed by atoms with van der Waals surface area (Å²) in [5, 5.41) is 1.03. The summed E-state index contributed by atoms with van der Waals surface area (Å²) in [5.74, 6) is 1.01. The zero-order valence-electron chi connectivity index (χ0n) is 10.9. The van der Waals surface area contributed by atoms with Crippen LogP contribution in [0.15, 0.2) is 12.1 Å². The first-order chi connectivity index (χ1) is 7.42. The van der Waals surface area contributed by atoms with Crippen LogP contribution in [0.3, 0.4) is 0 Å². The third-order valence-electron chi connectivity index (χ3n) is 3.17. The normalized spacial score (nSPS) is 11.6. The zero-order valence-corrected chi connectivity index (χ0v) is 12.4. The highest BCUT2D eigenvalue weighted by Crippen LogP contribution is 2.33. The van der Waals surface area contributed by atoms with E-state index in [9.17, 15) is 0 Å². The number of benzene rings is 1. The van der Waals surface area contributed by atoms with E-state index < -0.39 is 0 Å². The number of halogens is 1. The molecule has 0 atom stereocenters. The molecule has 0 spiro atoms.